The fourth-order valence-electron chi connectivity index (χ4n) is 2.85. The van der Waals surface area contributed by atoms with Crippen molar-refractivity contribution in [1.29, 1.82) is 5.26 Å². The molecule has 2 N–H and O–H groups in total. The van der Waals surface area contributed by atoms with Crippen LogP contribution in [0, 0.1) is 24.2 Å². The lowest BCUT2D eigenvalue weighted by molar-refractivity contribution is 0.187. The zero-order valence-corrected chi connectivity index (χ0v) is 18.2. The van der Waals surface area contributed by atoms with Gasteiger partial charge in [-0.3, -0.25) is 4.98 Å². The molecule has 0 unspecified atom stereocenters. The number of anilines is 2. The van der Waals surface area contributed by atoms with E-state index in [1.54, 1.807) is 49.3 Å². The number of guanidine groups is 1. The normalized spacial score (nSPS) is 11.8. The summed E-state index contributed by atoms with van der Waals surface area (Å²) in [6, 6.07) is 6.92. The number of likely N-dealkylation sites (N-methyl/N-ethyl adjacent to an activating group) is 1. The van der Waals surface area contributed by atoms with Gasteiger partial charge in [-0.15, -0.1) is 4.99 Å². The first-order chi connectivity index (χ1) is 14.7. The Balaban J connectivity index is 2.01. The van der Waals surface area contributed by atoms with Gasteiger partial charge in [-0.2, -0.15) is 5.26 Å². The number of carbonyl (C=O) groups is 1. The number of urea groups is 1. The van der Waals surface area contributed by atoms with E-state index < -0.39 is 11.8 Å². The number of hydrogen-bond donors (Lipinski definition) is 2. The van der Waals surface area contributed by atoms with E-state index in [-0.39, 0.29) is 17.5 Å². The number of aliphatic imine (C=N–C) groups is 1. The van der Waals surface area contributed by atoms with E-state index in [2.05, 4.69) is 20.6 Å². The first-order valence-corrected chi connectivity index (χ1v) is 9.51. The monoisotopic (exact) mass is 427 g/mol. The summed E-state index contributed by atoms with van der Waals surface area (Å²) in [7, 11) is 5.33. The van der Waals surface area contributed by atoms with Crippen LogP contribution in [0.5, 0.6) is 5.75 Å². The van der Waals surface area contributed by atoms with E-state index in [4.69, 9.17) is 10.00 Å². The Morgan fingerprint density at radius 1 is 1.26 bits per heavy atom. The Morgan fingerprint density at radius 2 is 1.97 bits per heavy atom. The number of pyridine rings is 1. The summed E-state index contributed by atoms with van der Waals surface area (Å²) in [6.07, 6.45) is 2.95. The first-order valence-electron chi connectivity index (χ1n) is 9.51. The minimum absolute atomic E-state index is 0.244. The fourth-order valence-corrected chi connectivity index (χ4v) is 2.85. The quantitative estimate of drug-likeness (QED) is 0.416. The van der Waals surface area contributed by atoms with Crippen molar-refractivity contribution in [2.75, 3.05) is 38.3 Å². The van der Waals surface area contributed by atoms with Crippen molar-refractivity contribution < 1.29 is 13.9 Å². The summed E-state index contributed by atoms with van der Waals surface area (Å²) >= 11 is 0. The molecule has 0 saturated heterocycles. The number of nitrogens with zero attached hydrogens (tertiary/aromatic N) is 5. The maximum Gasteiger partial charge on any atom is 0.323 e. The molecule has 0 fully saturated rings. The van der Waals surface area contributed by atoms with Gasteiger partial charge in [-0.05, 0) is 32.0 Å². The molecule has 0 bridgehead atoms. The minimum atomic E-state index is -0.551. The molecule has 1 heterocycles. The summed E-state index contributed by atoms with van der Waals surface area (Å²) in [4.78, 5) is 23.5. The Hall–Kier alpha value is -3.87. The van der Waals surface area contributed by atoms with E-state index in [1.165, 1.54) is 24.4 Å². The number of nitriles is 1. The lowest BCUT2D eigenvalue weighted by Gasteiger charge is -2.28. The highest BCUT2D eigenvalue weighted by molar-refractivity contribution is 5.99. The fraction of sp³-hybridized carbons (Fsp3) is 0.333. The summed E-state index contributed by atoms with van der Waals surface area (Å²) in [6.45, 7) is 4.05. The number of ether oxygens (including phenoxy) is 1. The van der Waals surface area contributed by atoms with E-state index in [9.17, 15) is 9.18 Å². The van der Waals surface area contributed by atoms with Gasteiger partial charge in [0.1, 0.15) is 17.7 Å². The van der Waals surface area contributed by atoms with Gasteiger partial charge in [0, 0.05) is 44.7 Å². The third kappa shape index (κ3) is 7.47. The summed E-state index contributed by atoms with van der Waals surface area (Å²) in [5.74, 6) is 0.184. The molecule has 0 aliphatic carbocycles. The number of hydrogen-bond acceptors (Lipinski definition) is 5. The zero-order valence-electron chi connectivity index (χ0n) is 18.2. The van der Waals surface area contributed by atoms with Gasteiger partial charge in [-0.1, -0.05) is 0 Å². The van der Waals surface area contributed by atoms with Crippen LogP contribution in [0.3, 0.4) is 0 Å². The maximum absolute atomic E-state index is 14.1. The Bertz CT molecular complexity index is 971. The average Bonchev–Trinajstić information content (AvgIpc) is 2.66. The highest BCUT2D eigenvalue weighted by Gasteiger charge is 2.15. The first kappa shape index (κ1) is 23.4. The molecule has 0 aliphatic heterocycles. The van der Waals surface area contributed by atoms with Crippen LogP contribution in [-0.4, -0.2) is 60.6 Å². The highest BCUT2D eigenvalue weighted by atomic mass is 19.1. The standard InChI is InChI=1S/C21H26FN7O2/c1-14-6-7-17(11-24-14)26-20(30)27-18-8-16(22)9-19(10-18)31-15(2)12-29(5)21(25-13-23)28(3)4/h6-11,15H,12H2,1-5H3,(H2,26,27,30)/t15-/m1/s1. The molecule has 10 heteroatoms. The number of nitrogens with one attached hydrogen (secondary N) is 2. The second-order valence-electron chi connectivity index (χ2n) is 7.16. The van der Waals surface area contributed by atoms with Crippen LogP contribution < -0.4 is 15.4 Å². The van der Waals surface area contributed by atoms with Gasteiger partial charge in [0.25, 0.3) is 0 Å². The molecule has 1 aromatic heterocycles. The van der Waals surface area contributed by atoms with Crippen molar-refractivity contribution in [3.63, 3.8) is 0 Å². The molecular weight excluding hydrogens is 401 g/mol. The van der Waals surface area contributed by atoms with Crippen LogP contribution in [0.15, 0.2) is 41.5 Å². The highest BCUT2D eigenvalue weighted by Crippen LogP contribution is 2.22. The van der Waals surface area contributed by atoms with Gasteiger partial charge in [0.05, 0.1) is 18.4 Å². The number of halogens is 1. The second kappa shape index (κ2) is 10.8. The molecule has 9 nitrogen and oxygen atoms in total. The molecule has 2 amide bonds. The topological polar surface area (TPSA) is 106 Å². The largest absolute Gasteiger partial charge is 0.489 e. The molecule has 2 rings (SSSR count). The van der Waals surface area contributed by atoms with Crippen LogP contribution in [0.2, 0.25) is 0 Å². The van der Waals surface area contributed by atoms with Crippen LogP contribution >= 0.6 is 0 Å². The Morgan fingerprint density at radius 3 is 2.58 bits per heavy atom. The molecule has 1 atom stereocenters. The van der Waals surface area contributed by atoms with Crippen molar-refractivity contribution in [2.45, 2.75) is 20.0 Å². The number of benzene rings is 1. The van der Waals surface area contributed by atoms with Crippen LogP contribution in [0.25, 0.3) is 0 Å². The number of aryl methyl sites for hydroxylation is 1. The van der Waals surface area contributed by atoms with E-state index >= 15 is 0 Å². The average molecular weight is 427 g/mol. The smallest absolute Gasteiger partial charge is 0.323 e. The van der Waals surface area contributed by atoms with Gasteiger partial charge in [0.2, 0.25) is 12.2 Å². The predicted molar refractivity (Wildman–Crippen MR) is 117 cm³/mol. The molecule has 0 spiro atoms. The maximum atomic E-state index is 14.1. The number of amides is 2. The lowest BCUT2D eigenvalue weighted by Crippen LogP contribution is -2.42. The third-order valence-corrected chi connectivity index (χ3v) is 4.06. The summed E-state index contributed by atoms with van der Waals surface area (Å²) in [5.41, 5.74) is 1.59. The van der Waals surface area contributed by atoms with Crippen LogP contribution in [-0.2, 0) is 0 Å². The van der Waals surface area contributed by atoms with Gasteiger partial charge in [0.15, 0.2) is 0 Å². The second-order valence-corrected chi connectivity index (χ2v) is 7.16. The molecular formula is C21H26FN7O2. The summed E-state index contributed by atoms with van der Waals surface area (Å²) < 4.78 is 19.9. The number of aromatic nitrogens is 1. The van der Waals surface area contributed by atoms with Gasteiger partial charge < -0.3 is 25.2 Å². The van der Waals surface area contributed by atoms with E-state index in [0.717, 1.165) is 5.69 Å². The SMILES string of the molecule is Cc1ccc(NC(=O)Nc2cc(F)cc(O[C@H](C)CN(C)C(=NC#N)N(C)C)c2)cn1. The van der Waals surface area contributed by atoms with E-state index in [1.807, 2.05) is 13.8 Å². The van der Waals surface area contributed by atoms with Crippen molar-refractivity contribution in [3.05, 3.63) is 48.0 Å². The zero-order chi connectivity index (χ0) is 23.0. The molecule has 31 heavy (non-hydrogen) atoms. The van der Waals surface area contributed by atoms with Crippen molar-refractivity contribution >= 4 is 23.4 Å². The molecule has 0 radical (unpaired) electrons. The van der Waals surface area contributed by atoms with Crippen molar-refractivity contribution in [2.24, 2.45) is 4.99 Å². The van der Waals surface area contributed by atoms with E-state index in [0.29, 0.717) is 18.2 Å². The van der Waals surface area contributed by atoms with Crippen LogP contribution in [0.4, 0.5) is 20.6 Å². The Kier molecular flexibility index (Phi) is 8.14. The third-order valence-electron chi connectivity index (χ3n) is 4.06. The van der Waals surface area contributed by atoms with Crippen molar-refractivity contribution in [3.8, 4) is 11.9 Å². The van der Waals surface area contributed by atoms with Gasteiger partial charge in [-0.25, -0.2) is 9.18 Å². The molecule has 2 aromatic rings. The molecule has 0 saturated carbocycles. The lowest BCUT2D eigenvalue weighted by atomic mass is 10.2. The summed E-state index contributed by atoms with van der Waals surface area (Å²) in [5, 5.41) is 14.0. The molecule has 164 valence electrons. The Labute approximate surface area is 181 Å². The number of carbonyl (C=O) groups excluding carboxylic acids is 1. The molecule has 0 aliphatic rings. The molecule has 1 aromatic carbocycles. The number of rotatable bonds is 6. The van der Waals surface area contributed by atoms with Crippen molar-refractivity contribution in [1.82, 2.24) is 14.8 Å². The predicted octanol–water partition coefficient (Wildman–Crippen LogP) is 3.27. The minimum Gasteiger partial charge on any atom is -0.489 e. The van der Waals surface area contributed by atoms with Crippen LogP contribution in [0.1, 0.15) is 12.6 Å². The van der Waals surface area contributed by atoms with Gasteiger partial charge >= 0.3 is 6.03 Å².